The Bertz CT molecular complexity index is 1070. The summed E-state index contributed by atoms with van der Waals surface area (Å²) in [5.74, 6) is -0.978. The van der Waals surface area contributed by atoms with Crippen LogP contribution in [0.3, 0.4) is 0 Å². The van der Waals surface area contributed by atoms with Crippen LogP contribution in [0.1, 0.15) is 61.6 Å². The molecule has 1 unspecified atom stereocenters. The number of para-hydroxylation sites is 1. The third-order valence-corrected chi connectivity index (χ3v) is 8.11. The van der Waals surface area contributed by atoms with E-state index in [1.807, 2.05) is 11.9 Å². The maximum atomic E-state index is 11.5. The molecule has 2 saturated heterocycles. The number of nitrogens with zero attached hydrogens (tertiary/aromatic N) is 3. The Labute approximate surface area is 205 Å². The molecule has 0 amide bonds. The summed E-state index contributed by atoms with van der Waals surface area (Å²) in [4.78, 5) is 16.5. The lowest BCUT2D eigenvalue weighted by molar-refractivity contribution is 0.0690. The Hall–Kier alpha value is -2.71. The van der Waals surface area contributed by atoms with E-state index in [2.05, 4.69) is 68.1 Å². The smallest absolute Gasteiger partial charge is 0.353 e. The van der Waals surface area contributed by atoms with Gasteiger partial charge in [-0.2, -0.15) is 5.10 Å². The molecular weight excluding hydrogens is 446 g/mol. The van der Waals surface area contributed by atoms with Crippen molar-refractivity contribution in [3.05, 3.63) is 65.3 Å². The summed E-state index contributed by atoms with van der Waals surface area (Å²) in [6.45, 7) is 5.24. The van der Waals surface area contributed by atoms with Gasteiger partial charge in [0.25, 0.3) is 0 Å². The van der Waals surface area contributed by atoms with Crippen LogP contribution in [0.4, 0.5) is 5.69 Å². The average Bonchev–Trinajstić information content (AvgIpc) is 3.54. The molecule has 0 bridgehead atoms. The molecule has 5 rings (SSSR count). The second kappa shape index (κ2) is 10.3. The molecule has 3 N–H and O–H groups in total. The number of likely N-dealkylation sites (tertiary alicyclic amines) is 1. The quantitative estimate of drug-likeness (QED) is 0.488. The molecule has 8 heteroatoms. The first-order valence-corrected chi connectivity index (χ1v) is 13.2. The van der Waals surface area contributed by atoms with Gasteiger partial charge < -0.3 is 14.9 Å². The Morgan fingerprint density at radius 3 is 2.74 bits per heavy atom. The molecule has 3 aliphatic rings. The minimum atomic E-state index is -0.978. The van der Waals surface area contributed by atoms with Gasteiger partial charge in [-0.05, 0) is 50.0 Å². The fourth-order valence-electron chi connectivity index (χ4n) is 5.13. The van der Waals surface area contributed by atoms with Gasteiger partial charge in [0.05, 0.1) is 10.9 Å². The van der Waals surface area contributed by atoms with Crippen molar-refractivity contribution < 1.29 is 9.90 Å². The lowest BCUT2D eigenvalue weighted by Gasteiger charge is -2.36. The summed E-state index contributed by atoms with van der Waals surface area (Å²) < 4.78 is 3.77. The van der Waals surface area contributed by atoms with Gasteiger partial charge in [0, 0.05) is 48.3 Å². The highest BCUT2D eigenvalue weighted by Crippen LogP contribution is 2.42. The molecule has 1 aliphatic carbocycles. The van der Waals surface area contributed by atoms with Gasteiger partial charge in [-0.3, -0.25) is 9.82 Å². The van der Waals surface area contributed by atoms with E-state index in [1.165, 1.54) is 42.8 Å². The molecule has 7 nitrogen and oxygen atoms in total. The highest BCUT2D eigenvalue weighted by atomic mass is 32.2. The highest BCUT2D eigenvalue weighted by Gasteiger charge is 2.35. The van der Waals surface area contributed by atoms with Crippen molar-refractivity contribution in [3.8, 4) is 0 Å². The van der Waals surface area contributed by atoms with Crippen molar-refractivity contribution in [2.45, 2.75) is 56.7 Å². The fraction of sp³-hybridized carbons (Fsp3) is 0.462. The van der Waals surface area contributed by atoms with Crippen molar-refractivity contribution in [1.29, 1.82) is 0 Å². The molecule has 0 spiro atoms. The Morgan fingerprint density at radius 2 is 2.03 bits per heavy atom. The minimum absolute atomic E-state index is 0.134. The number of H-pyrrole nitrogens is 1. The first kappa shape index (κ1) is 23.1. The molecule has 34 heavy (non-hydrogen) atoms. The normalized spacial score (nSPS) is 23.0. The van der Waals surface area contributed by atoms with Crippen LogP contribution < -0.4 is 9.62 Å². The number of anilines is 1. The number of benzene rings is 1. The number of nitrogens with one attached hydrogen (secondary N) is 2. The number of hydrogen-bond acceptors (Lipinski definition) is 6. The number of aromatic carboxylic acids is 1. The summed E-state index contributed by atoms with van der Waals surface area (Å²) in [7, 11) is 0. The first-order valence-electron chi connectivity index (χ1n) is 12.4. The molecule has 180 valence electrons. The van der Waals surface area contributed by atoms with E-state index < -0.39 is 5.97 Å². The summed E-state index contributed by atoms with van der Waals surface area (Å²) in [5, 5.41) is 16.8. The van der Waals surface area contributed by atoms with Crippen LogP contribution in [-0.4, -0.2) is 57.1 Å². The van der Waals surface area contributed by atoms with E-state index in [-0.39, 0.29) is 10.9 Å². The number of carboxylic acid groups (broad SMARTS) is 1. The summed E-state index contributed by atoms with van der Waals surface area (Å²) >= 11 is 1.81. The van der Waals surface area contributed by atoms with Crippen LogP contribution in [0.2, 0.25) is 0 Å². The van der Waals surface area contributed by atoms with Crippen LogP contribution in [0.25, 0.3) is 5.57 Å². The third-order valence-electron chi connectivity index (χ3n) is 6.94. The maximum absolute atomic E-state index is 11.5. The van der Waals surface area contributed by atoms with Gasteiger partial charge in [0.1, 0.15) is 5.69 Å². The van der Waals surface area contributed by atoms with Crippen LogP contribution in [-0.2, 0) is 0 Å². The van der Waals surface area contributed by atoms with Gasteiger partial charge >= 0.3 is 5.97 Å². The molecule has 2 aromatic rings. The number of aromatic amines is 1. The van der Waals surface area contributed by atoms with Crippen LogP contribution in [0.15, 0.2) is 53.9 Å². The van der Waals surface area contributed by atoms with Crippen LogP contribution >= 0.6 is 11.9 Å². The van der Waals surface area contributed by atoms with Gasteiger partial charge in [-0.25, -0.2) is 4.79 Å². The van der Waals surface area contributed by atoms with Crippen molar-refractivity contribution in [2.24, 2.45) is 0 Å². The van der Waals surface area contributed by atoms with Crippen LogP contribution in [0.5, 0.6) is 0 Å². The predicted octanol–water partition coefficient (Wildman–Crippen LogP) is 4.89. The van der Waals surface area contributed by atoms with E-state index in [0.29, 0.717) is 6.04 Å². The monoisotopic (exact) mass is 479 g/mol. The zero-order valence-electron chi connectivity index (χ0n) is 19.7. The fourth-order valence-corrected chi connectivity index (χ4v) is 6.25. The highest BCUT2D eigenvalue weighted by molar-refractivity contribution is 7.98. The van der Waals surface area contributed by atoms with E-state index in [4.69, 9.17) is 0 Å². The lowest BCUT2D eigenvalue weighted by Crippen LogP contribution is -2.36. The molecular formula is C26H33N5O2S. The van der Waals surface area contributed by atoms with Crippen molar-refractivity contribution in [3.63, 3.8) is 0 Å². The number of unbranched alkanes of at least 4 members (excludes halogenated alkanes) is 1. The summed E-state index contributed by atoms with van der Waals surface area (Å²) in [6, 6.07) is 12.8. The largest absolute Gasteiger partial charge is 0.477 e. The zero-order chi connectivity index (χ0) is 23.5. The number of carboxylic acids is 1. The number of fused-ring (bicyclic) bond motifs is 1. The third kappa shape index (κ3) is 4.74. The molecule has 1 aromatic heterocycles. The summed E-state index contributed by atoms with van der Waals surface area (Å²) in [6.07, 6.45) is 9.07. The Balaban J connectivity index is 1.57. The zero-order valence-corrected chi connectivity index (χ0v) is 20.5. The second-order valence-electron chi connectivity index (χ2n) is 9.31. The molecule has 1 aromatic carbocycles. The Kier molecular flexibility index (Phi) is 6.97. The van der Waals surface area contributed by atoms with Crippen molar-refractivity contribution >= 4 is 29.2 Å². The molecule has 3 heterocycles. The first-order chi connectivity index (χ1) is 16.6. The number of allylic oxidation sites excluding steroid dienone is 2. The number of hydrogen-bond donors (Lipinski definition) is 3. The SMILES string of the molecule is CCCC[C@@H]1CN(c2ccccc2)C2=CC(N3CCCC3)=C(c3cc(C(=O)O)[nH]n3)CC2SN1. The van der Waals surface area contributed by atoms with Crippen LogP contribution in [0, 0.1) is 0 Å². The number of aromatic nitrogens is 2. The van der Waals surface area contributed by atoms with Gasteiger partial charge in [-0.1, -0.05) is 49.9 Å². The number of carbonyl (C=O) groups is 1. The molecule has 0 saturated carbocycles. The topological polar surface area (TPSA) is 84.5 Å². The minimum Gasteiger partial charge on any atom is -0.477 e. The van der Waals surface area contributed by atoms with Crippen molar-refractivity contribution in [2.75, 3.05) is 24.5 Å². The maximum Gasteiger partial charge on any atom is 0.353 e. The van der Waals surface area contributed by atoms with E-state index in [9.17, 15) is 9.90 Å². The molecule has 2 aliphatic heterocycles. The van der Waals surface area contributed by atoms with E-state index in [0.717, 1.165) is 43.7 Å². The van der Waals surface area contributed by atoms with Crippen molar-refractivity contribution in [1.82, 2.24) is 19.8 Å². The second-order valence-corrected chi connectivity index (χ2v) is 10.4. The predicted molar refractivity (Wildman–Crippen MR) is 138 cm³/mol. The molecule has 2 atom stereocenters. The van der Waals surface area contributed by atoms with E-state index >= 15 is 0 Å². The summed E-state index contributed by atoms with van der Waals surface area (Å²) in [5.41, 5.74) is 5.75. The number of rotatable bonds is 7. The van der Waals surface area contributed by atoms with Gasteiger partial charge in [-0.15, -0.1) is 0 Å². The van der Waals surface area contributed by atoms with Gasteiger partial charge in [0.15, 0.2) is 0 Å². The van der Waals surface area contributed by atoms with E-state index in [1.54, 1.807) is 6.07 Å². The van der Waals surface area contributed by atoms with Gasteiger partial charge in [0.2, 0.25) is 0 Å². The Morgan fingerprint density at radius 1 is 1.24 bits per heavy atom. The molecule has 0 radical (unpaired) electrons. The molecule has 2 fully saturated rings. The standard InChI is InChI=1S/C26H33N5O2S/c1-2-3-9-18-17-31(19-10-5-4-6-11-19)24-16-23(30-12-7-8-13-30)20(14-25(24)34-29-18)21-15-22(26(32)33)28-27-21/h4-6,10-11,15-16,18,25,29H,2-3,7-9,12-14,17H2,1H3,(H,27,28)(H,32,33)/t18-,25?/m1/s1. The lowest BCUT2D eigenvalue weighted by atomic mass is 9.94. The average molecular weight is 480 g/mol.